The predicted octanol–water partition coefficient (Wildman–Crippen LogP) is 2.25. The standard InChI is InChI=1S/C18H25NO4S/c1-13-4-3-5-14(2)18(13)23-10-8-17(20)19(15-6-7-15)16-9-11-24(21,22)12-16/h3-5,15-16H,6-12H2,1-2H3. The first-order valence-corrected chi connectivity index (χ1v) is 10.4. The summed E-state index contributed by atoms with van der Waals surface area (Å²) in [5.41, 5.74) is 2.12. The van der Waals surface area contributed by atoms with Crippen LogP contribution in [0.3, 0.4) is 0 Å². The van der Waals surface area contributed by atoms with Crippen LogP contribution in [0.25, 0.3) is 0 Å². The number of carbonyl (C=O) groups is 1. The van der Waals surface area contributed by atoms with Crippen LogP contribution in [0, 0.1) is 13.8 Å². The van der Waals surface area contributed by atoms with Gasteiger partial charge in [-0.1, -0.05) is 18.2 Å². The third kappa shape index (κ3) is 3.91. The van der Waals surface area contributed by atoms with E-state index in [1.807, 2.05) is 36.9 Å². The minimum atomic E-state index is -2.98. The van der Waals surface area contributed by atoms with E-state index in [0.29, 0.717) is 19.4 Å². The summed E-state index contributed by atoms with van der Waals surface area (Å²) in [6, 6.07) is 6.05. The van der Waals surface area contributed by atoms with E-state index in [4.69, 9.17) is 4.74 Å². The number of carbonyl (C=O) groups excluding carboxylic acids is 1. The lowest BCUT2D eigenvalue weighted by Gasteiger charge is -2.28. The van der Waals surface area contributed by atoms with Crippen LogP contribution in [0.5, 0.6) is 5.75 Å². The lowest BCUT2D eigenvalue weighted by Crippen LogP contribution is -2.43. The number of hydrogen-bond acceptors (Lipinski definition) is 4. The maximum Gasteiger partial charge on any atom is 0.226 e. The second kappa shape index (κ2) is 6.75. The molecular weight excluding hydrogens is 326 g/mol. The number of rotatable bonds is 6. The maximum absolute atomic E-state index is 12.6. The Morgan fingerprint density at radius 2 is 1.83 bits per heavy atom. The first-order chi connectivity index (χ1) is 11.4. The van der Waals surface area contributed by atoms with Crippen molar-refractivity contribution in [2.24, 2.45) is 0 Å². The van der Waals surface area contributed by atoms with Crippen LogP contribution in [0.1, 0.15) is 36.8 Å². The van der Waals surface area contributed by atoms with Crippen LogP contribution in [-0.4, -0.2) is 49.4 Å². The Morgan fingerprint density at radius 1 is 1.17 bits per heavy atom. The molecule has 6 heteroatoms. The Bertz CT molecular complexity index is 704. The zero-order chi connectivity index (χ0) is 17.3. The molecule has 0 N–H and O–H groups in total. The van der Waals surface area contributed by atoms with Crippen molar-refractivity contribution < 1.29 is 17.9 Å². The molecule has 1 aliphatic carbocycles. The monoisotopic (exact) mass is 351 g/mol. The minimum Gasteiger partial charge on any atom is -0.493 e. The van der Waals surface area contributed by atoms with Gasteiger partial charge in [-0.05, 0) is 44.2 Å². The Labute approximate surface area is 143 Å². The predicted molar refractivity (Wildman–Crippen MR) is 93.0 cm³/mol. The summed E-state index contributed by atoms with van der Waals surface area (Å²) in [6.45, 7) is 4.31. The second-order valence-electron chi connectivity index (χ2n) is 6.91. The second-order valence-corrected chi connectivity index (χ2v) is 9.14. The van der Waals surface area contributed by atoms with Gasteiger partial charge in [0.25, 0.3) is 0 Å². The van der Waals surface area contributed by atoms with Crippen molar-refractivity contribution in [2.75, 3.05) is 18.1 Å². The fourth-order valence-corrected chi connectivity index (χ4v) is 5.16. The highest BCUT2D eigenvalue weighted by Crippen LogP contribution is 2.33. The molecule has 1 aliphatic heterocycles. The number of aryl methyl sites for hydroxylation is 2. The zero-order valence-corrected chi connectivity index (χ0v) is 15.1. The minimum absolute atomic E-state index is 0.0193. The van der Waals surface area contributed by atoms with E-state index in [2.05, 4.69) is 0 Å². The van der Waals surface area contributed by atoms with Crippen LogP contribution in [0.15, 0.2) is 18.2 Å². The van der Waals surface area contributed by atoms with Crippen LogP contribution < -0.4 is 4.74 Å². The van der Waals surface area contributed by atoms with E-state index in [1.165, 1.54) is 0 Å². The summed E-state index contributed by atoms with van der Waals surface area (Å²) in [5, 5.41) is 0. The van der Waals surface area contributed by atoms with E-state index < -0.39 is 9.84 Å². The summed E-state index contributed by atoms with van der Waals surface area (Å²) in [5.74, 6) is 1.18. The smallest absolute Gasteiger partial charge is 0.226 e. The molecule has 0 aromatic heterocycles. The number of nitrogens with zero attached hydrogens (tertiary/aromatic N) is 1. The molecule has 1 amide bonds. The summed E-state index contributed by atoms with van der Waals surface area (Å²) in [7, 11) is -2.98. The Morgan fingerprint density at radius 3 is 2.38 bits per heavy atom. The molecule has 1 unspecified atom stereocenters. The molecule has 2 aliphatic rings. The van der Waals surface area contributed by atoms with E-state index >= 15 is 0 Å². The molecule has 0 bridgehead atoms. The first kappa shape index (κ1) is 17.3. The molecule has 1 saturated heterocycles. The summed E-state index contributed by atoms with van der Waals surface area (Å²) < 4.78 is 29.3. The van der Waals surface area contributed by atoms with E-state index in [-0.39, 0.29) is 29.5 Å². The molecule has 1 saturated carbocycles. The van der Waals surface area contributed by atoms with E-state index in [9.17, 15) is 13.2 Å². The number of para-hydroxylation sites is 1. The number of benzene rings is 1. The molecule has 24 heavy (non-hydrogen) atoms. The third-order valence-corrected chi connectivity index (χ3v) is 6.55. The fourth-order valence-electron chi connectivity index (χ4n) is 3.45. The number of amides is 1. The highest BCUT2D eigenvalue weighted by molar-refractivity contribution is 7.91. The van der Waals surface area contributed by atoms with Gasteiger partial charge < -0.3 is 9.64 Å². The van der Waals surface area contributed by atoms with Crippen LogP contribution in [-0.2, 0) is 14.6 Å². The molecule has 2 fully saturated rings. The van der Waals surface area contributed by atoms with Gasteiger partial charge in [0.1, 0.15) is 5.75 Å². The van der Waals surface area contributed by atoms with Crippen LogP contribution >= 0.6 is 0 Å². The molecule has 132 valence electrons. The number of ether oxygens (including phenoxy) is 1. The van der Waals surface area contributed by atoms with Gasteiger partial charge in [0, 0.05) is 12.1 Å². The molecule has 5 nitrogen and oxygen atoms in total. The van der Waals surface area contributed by atoms with E-state index in [0.717, 1.165) is 29.7 Å². The number of sulfone groups is 1. The maximum atomic E-state index is 12.6. The SMILES string of the molecule is Cc1cccc(C)c1OCCC(=O)N(C1CC1)C1CCS(=O)(=O)C1. The zero-order valence-electron chi connectivity index (χ0n) is 14.3. The summed E-state index contributed by atoms with van der Waals surface area (Å²) >= 11 is 0. The molecule has 1 atom stereocenters. The Kier molecular flexibility index (Phi) is 4.85. The van der Waals surface area contributed by atoms with Gasteiger partial charge in [0.05, 0.1) is 24.5 Å². The molecule has 1 aromatic rings. The van der Waals surface area contributed by atoms with Gasteiger partial charge in [0.15, 0.2) is 9.84 Å². The van der Waals surface area contributed by atoms with Crippen molar-refractivity contribution in [1.82, 2.24) is 4.90 Å². The van der Waals surface area contributed by atoms with Crippen LogP contribution in [0.2, 0.25) is 0 Å². The summed E-state index contributed by atoms with van der Waals surface area (Å²) in [6.07, 6.45) is 2.84. The van der Waals surface area contributed by atoms with Gasteiger partial charge >= 0.3 is 0 Å². The number of hydrogen-bond donors (Lipinski definition) is 0. The molecule has 0 spiro atoms. The quantitative estimate of drug-likeness (QED) is 0.788. The van der Waals surface area contributed by atoms with Crippen molar-refractivity contribution >= 4 is 15.7 Å². The lowest BCUT2D eigenvalue weighted by molar-refractivity contribution is -0.134. The summed E-state index contributed by atoms with van der Waals surface area (Å²) in [4.78, 5) is 14.5. The molecule has 1 heterocycles. The average Bonchev–Trinajstić information content (AvgIpc) is 3.26. The van der Waals surface area contributed by atoms with Crippen molar-refractivity contribution in [3.63, 3.8) is 0 Å². The van der Waals surface area contributed by atoms with Gasteiger partial charge in [-0.3, -0.25) is 4.79 Å². The molecule has 0 radical (unpaired) electrons. The lowest BCUT2D eigenvalue weighted by atomic mass is 10.1. The van der Waals surface area contributed by atoms with Crippen molar-refractivity contribution in [3.8, 4) is 5.75 Å². The largest absolute Gasteiger partial charge is 0.493 e. The topological polar surface area (TPSA) is 63.7 Å². The van der Waals surface area contributed by atoms with Gasteiger partial charge in [0.2, 0.25) is 5.91 Å². The Hall–Kier alpha value is -1.56. The third-order valence-electron chi connectivity index (χ3n) is 4.80. The van der Waals surface area contributed by atoms with Crippen molar-refractivity contribution in [1.29, 1.82) is 0 Å². The molecule has 1 aromatic carbocycles. The normalized spacial score (nSPS) is 22.3. The van der Waals surface area contributed by atoms with Crippen LogP contribution in [0.4, 0.5) is 0 Å². The van der Waals surface area contributed by atoms with Gasteiger partial charge in [-0.25, -0.2) is 8.42 Å². The highest BCUT2D eigenvalue weighted by atomic mass is 32.2. The van der Waals surface area contributed by atoms with Gasteiger partial charge in [-0.15, -0.1) is 0 Å². The molecular formula is C18H25NO4S. The van der Waals surface area contributed by atoms with E-state index in [1.54, 1.807) is 0 Å². The Balaban J connectivity index is 1.59. The van der Waals surface area contributed by atoms with Gasteiger partial charge in [-0.2, -0.15) is 0 Å². The average molecular weight is 351 g/mol. The van der Waals surface area contributed by atoms with Crippen molar-refractivity contribution in [2.45, 2.75) is 51.6 Å². The highest BCUT2D eigenvalue weighted by Gasteiger charge is 2.41. The fraction of sp³-hybridized carbons (Fsp3) is 0.611. The first-order valence-electron chi connectivity index (χ1n) is 8.58. The van der Waals surface area contributed by atoms with Crippen molar-refractivity contribution in [3.05, 3.63) is 29.3 Å². The molecule has 3 rings (SSSR count).